The molecule has 0 aliphatic heterocycles. The predicted octanol–water partition coefficient (Wildman–Crippen LogP) is 4.27. The molecule has 4 heteroatoms. The smallest absolute Gasteiger partial charge is 0.178 e. The van der Waals surface area contributed by atoms with E-state index < -0.39 is 0 Å². The van der Waals surface area contributed by atoms with Gasteiger partial charge in [0.05, 0.1) is 5.52 Å². The van der Waals surface area contributed by atoms with Crippen molar-refractivity contribution in [1.29, 1.82) is 0 Å². The van der Waals surface area contributed by atoms with Crippen LogP contribution in [0.1, 0.15) is 27.2 Å². The zero-order valence-electron chi connectivity index (χ0n) is 10.4. The predicted molar refractivity (Wildman–Crippen MR) is 71.2 cm³/mol. The second-order valence-corrected chi connectivity index (χ2v) is 5.56. The first kappa shape index (κ1) is 12.3. The van der Waals surface area contributed by atoms with Crippen LogP contribution in [-0.4, -0.2) is 9.55 Å². The van der Waals surface area contributed by atoms with E-state index in [2.05, 4.69) is 25.8 Å². The maximum atomic E-state index is 13.9. The Balaban J connectivity index is 2.61. The van der Waals surface area contributed by atoms with E-state index in [0.29, 0.717) is 10.3 Å². The molecule has 0 aliphatic rings. The van der Waals surface area contributed by atoms with Crippen molar-refractivity contribution in [2.24, 2.45) is 5.41 Å². The SMILES string of the molecule is CCC(C)(C)Cn1c(=S)[nH]c2cccc(F)c21. The Labute approximate surface area is 105 Å². The topological polar surface area (TPSA) is 20.7 Å². The minimum absolute atomic E-state index is 0.107. The number of halogens is 1. The summed E-state index contributed by atoms with van der Waals surface area (Å²) < 4.78 is 16.3. The summed E-state index contributed by atoms with van der Waals surface area (Å²) in [6.45, 7) is 7.18. The molecular formula is C13H17FN2S. The number of imidazole rings is 1. The Morgan fingerprint density at radius 1 is 1.41 bits per heavy atom. The van der Waals surface area contributed by atoms with E-state index in [0.717, 1.165) is 18.5 Å². The second kappa shape index (κ2) is 4.26. The molecule has 0 spiro atoms. The van der Waals surface area contributed by atoms with Gasteiger partial charge in [-0.25, -0.2) is 4.39 Å². The molecule has 2 aromatic rings. The number of hydrogen-bond acceptors (Lipinski definition) is 1. The highest BCUT2D eigenvalue weighted by Crippen LogP contribution is 2.26. The third-order valence-corrected chi connectivity index (χ3v) is 3.61. The van der Waals surface area contributed by atoms with Crippen LogP contribution in [0, 0.1) is 16.0 Å². The lowest BCUT2D eigenvalue weighted by molar-refractivity contribution is 0.296. The lowest BCUT2D eigenvalue weighted by Crippen LogP contribution is -2.18. The summed E-state index contributed by atoms with van der Waals surface area (Å²) in [7, 11) is 0. The average molecular weight is 252 g/mol. The number of hydrogen-bond donors (Lipinski definition) is 1. The first-order chi connectivity index (χ1) is 7.94. The van der Waals surface area contributed by atoms with Crippen molar-refractivity contribution >= 4 is 23.3 Å². The number of nitrogens with one attached hydrogen (secondary N) is 1. The molecule has 1 N–H and O–H groups in total. The molecule has 1 heterocycles. The van der Waals surface area contributed by atoms with Crippen molar-refractivity contribution in [2.75, 3.05) is 0 Å². The molecule has 0 aliphatic carbocycles. The fraction of sp³-hybridized carbons (Fsp3) is 0.462. The van der Waals surface area contributed by atoms with E-state index in [-0.39, 0.29) is 11.2 Å². The Kier molecular flexibility index (Phi) is 3.08. The molecule has 2 nitrogen and oxygen atoms in total. The third-order valence-electron chi connectivity index (χ3n) is 3.29. The summed E-state index contributed by atoms with van der Waals surface area (Å²) in [5.74, 6) is -0.221. The molecule has 0 saturated carbocycles. The summed E-state index contributed by atoms with van der Waals surface area (Å²) in [5, 5.41) is 0. The average Bonchev–Trinajstić information content (AvgIpc) is 2.56. The number of rotatable bonds is 3. The minimum atomic E-state index is -0.221. The van der Waals surface area contributed by atoms with Gasteiger partial charge in [0.1, 0.15) is 11.3 Å². The molecule has 1 aromatic carbocycles. The summed E-state index contributed by atoms with van der Waals surface area (Å²) in [4.78, 5) is 3.05. The molecule has 0 bridgehead atoms. The van der Waals surface area contributed by atoms with Crippen molar-refractivity contribution in [3.63, 3.8) is 0 Å². The van der Waals surface area contributed by atoms with Gasteiger partial charge in [0, 0.05) is 6.54 Å². The van der Waals surface area contributed by atoms with Crippen molar-refractivity contribution in [3.05, 3.63) is 28.8 Å². The van der Waals surface area contributed by atoms with Crippen LogP contribution in [0.5, 0.6) is 0 Å². The molecule has 2 rings (SSSR count). The Bertz CT molecular complexity index is 595. The van der Waals surface area contributed by atoms with Crippen molar-refractivity contribution in [1.82, 2.24) is 9.55 Å². The summed E-state index contributed by atoms with van der Waals surface area (Å²) in [5.41, 5.74) is 1.45. The van der Waals surface area contributed by atoms with Gasteiger partial charge in [-0.05, 0) is 36.2 Å². The van der Waals surface area contributed by atoms with Crippen LogP contribution in [0.4, 0.5) is 4.39 Å². The number of aromatic amines is 1. The summed E-state index contributed by atoms with van der Waals surface area (Å²) in [6, 6.07) is 5.02. The number of nitrogens with zero attached hydrogens (tertiary/aromatic N) is 1. The monoisotopic (exact) mass is 252 g/mol. The summed E-state index contributed by atoms with van der Waals surface area (Å²) in [6.07, 6.45) is 1.02. The minimum Gasteiger partial charge on any atom is -0.330 e. The second-order valence-electron chi connectivity index (χ2n) is 5.17. The van der Waals surface area contributed by atoms with E-state index in [4.69, 9.17) is 12.2 Å². The van der Waals surface area contributed by atoms with E-state index in [1.807, 2.05) is 10.6 Å². The number of para-hydroxylation sites is 1. The summed E-state index contributed by atoms with van der Waals surface area (Å²) >= 11 is 5.27. The van der Waals surface area contributed by atoms with Gasteiger partial charge in [-0.1, -0.05) is 26.8 Å². The van der Waals surface area contributed by atoms with Gasteiger partial charge >= 0.3 is 0 Å². The largest absolute Gasteiger partial charge is 0.330 e. The van der Waals surface area contributed by atoms with Crippen molar-refractivity contribution in [3.8, 4) is 0 Å². The molecule has 0 radical (unpaired) electrons. The fourth-order valence-corrected chi connectivity index (χ4v) is 2.13. The van der Waals surface area contributed by atoms with Gasteiger partial charge in [0.2, 0.25) is 0 Å². The highest BCUT2D eigenvalue weighted by Gasteiger charge is 2.19. The van der Waals surface area contributed by atoms with Gasteiger partial charge in [-0.3, -0.25) is 0 Å². The quantitative estimate of drug-likeness (QED) is 0.809. The zero-order chi connectivity index (χ0) is 12.6. The normalized spacial score (nSPS) is 12.2. The van der Waals surface area contributed by atoms with Crippen LogP contribution in [0.3, 0.4) is 0 Å². The van der Waals surface area contributed by atoms with Gasteiger partial charge in [-0.15, -0.1) is 0 Å². The highest BCUT2D eigenvalue weighted by molar-refractivity contribution is 7.71. The molecule has 17 heavy (non-hydrogen) atoms. The highest BCUT2D eigenvalue weighted by atomic mass is 32.1. The van der Waals surface area contributed by atoms with Crippen LogP contribution in [-0.2, 0) is 6.54 Å². The van der Waals surface area contributed by atoms with Gasteiger partial charge in [-0.2, -0.15) is 0 Å². The van der Waals surface area contributed by atoms with Crippen LogP contribution in [0.15, 0.2) is 18.2 Å². The molecule has 0 fully saturated rings. The zero-order valence-corrected chi connectivity index (χ0v) is 11.2. The molecule has 1 aromatic heterocycles. The van der Waals surface area contributed by atoms with Gasteiger partial charge in [0.15, 0.2) is 4.77 Å². The number of H-pyrrole nitrogens is 1. The number of aromatic nitrogens is 2. The Hall–Kier alpha value is -1.16. The molecule has 0 amide bonds. The maximum Gasteiger partial charge on any atom is 0.178 e. The van der Waals surface area contributed by atoms with Crippen LogP contribution in [0.25, 0.3) is 11.0 Å². The first-order valence-electron chi connectivity index (χ1n) is 5.81. The Morgan fingerprint density at radius 2 is 2.12 bits per heavy atom. The standard InChI is InChI=1S/C13H17FN2S/c1-4-13(2,3)8-16-11-9(14)6-5-7-10(11)15-12(16)17/h5-7H,4,8H2,1-3H3,(H,15,17). The number of benzene rings is 1. The molecule has 0 unspecified atom stereocenters. The lowest BCUT2D eigenvalue weighted by atomic mass is 9.90. The fourth-order valence-electron chi connectivity index (χ4n) is 1.87. The van der Waals surface area contributed by atoms with Crippen LogP contribution in [0.2, 0.25) is 0 Å². The lowest BCUT2D eigenvalue weighted by Gasteiger charge is -2.23. The molecule has 92 valence electrons. The van der Waals surface area contributed by atoms with E-state index >= 15 is 0 Å². The van der Waals surface area contributed by atoms with Crippen molar-refractivity contribution < 1.29 is 4.39 Å². The van der Waals surface area contributed by atoms with E-state index in [9.17, 15) is 4.39 Å². The van der Waals surface area contributed by atoms with Crippen molar-refractivity contribution in [2.45, 2.75) is 33.7 Å². The first-order valence-corrected chi connectivity index (χ1v) is 6.22. The van der Waals surface area contributed by atoms with E-state index in [1.165, 1.54) is 6.07 Å². The Morgan fingerprint density at radius 3 is 2.76 bits per heavy atom. The van der Waals surface area contributed by atoms with Gasteiger partial charge < -0.3 is 9.55 Å². The van der Waals surface area contributed by atoms with Crippen LogP contribution >= 0.6 is 12.2 Å². The van der Waals surface area contributed by atoms with E-state index in [1.54, 1.807) is 6.07 Å². The number of fused-ring (bicyclic) bond motifs is 1. The van der Waals surface area contributed by atoms with Gasteiger partial charge in [0.25, 0.3) is 0 Å². The molecular weight excluding hydrogens is 235 g/mol. The van der Waals surface area contributed by atoms with Crippen LogP contribution < -0.4 is 0 Å². The maximum absolute atomic E-state index is 13.9. The molecule has 0 atom stereocenters. The molecule has 0 saturated heterocycles. The third kappa shape index (κ3) is 2.27.